The highest BCUT2D eigenvalue weighted by molar-refractivity contribution is 9.29. The summed E-state index contributed by atoms with van der Waals surface area (Å²) >= 11 is 11.9. The molecule has 3 nitrogen and oxygen atoms in total. The molecule has 1 aliphatic rings. The van der Waals surface area contributed by atoms with Crippen molar-refractivity contribution in [1.29, 1.82) is 0 Å². The first-order chi connectivity index (χ1) is 6.46. The fourth-order valence-electron chi connectivity index (χ4n) is 1.79. The molecule has 0 aromatic heterocycles. The van der Waals surface area contributed by atoms with E-state index < -0.39 is 21.0 Å². The van der Waals surface area contributed by atoms with Crippen molar-refractivity contribution in [2.24, 2.45) is 0 Å². The van der Waals surface area contributed by atoms with Gasteiger partial charge < -0.3 is 12.7 Å². The van der Waals surface area contributed by atoms with Crippen molar-refractivity contribution in [3.63, 3.8) is 0 Å². The van der Waals surface area contributed by atoms with Crippen LogP contribution in [0.1, 0.15) is 0 Å². The monoisotopic (exact) mass is 453 g/mol. The van der Waals surface area contributed by atoms with Gasteiger partial charge in [0, 0.05) is 0 Å². The molecule has 0 unspecified atom stereocenters. The zero-order chi connectivity index (χ0) is 12.2. The Balaban J connectivity index is 3.24. The Morgan fingerprint density at radius 1 is 0.600 bits per heavy atom. The first kappa shape index (κ1) is 15.0. The maximum atomic E-state index is 3.98. The average Bonchev–Trinajstić information content (AvgIpc) is 2.12. The van der Waals surface area contributed by atoms with Crippen LogP contribution in [0.5, 0.6) is 0 Å². The molecular weight excluding hydrogens is 438 g/mol. The summed E-state index contributed by atoms with van der Waals surface area (Å²) in [6, 6.07) is 0. The summed E-state index contributed by atoms with van der Waals surface area (Å²) in [7, 11) is 1.76. The van der Waals surface area contributed by atoms with Gasteiger partial charge in [-0.15, -0.1) is 0 Å². The molecule has 0 aromatic rings. The highest BCUT2D eigenvalue weighted by atomic mass is 79.9. The Kier molecular flexibility index (Phi) is 4.27. The second-order valence-corrected chi connectivity index (χ2v) is 28.7. The fourth-order valence-corrected chi connectivity index (χ4v) is 40.8. The molecule has 0 bridgehead atoms. The second kappa shape index (κ2) is 4.26. The van der Waals surface area contributed by atoms with Gasteiger partial charge in [-0.05, 0) is 40.8 Å². The SMILES string of the molecule is CN1[Si](C)(Br)N(C)[Si](C)(Br)N(C)[Si]1(C)Br. The van der Waals surface area contributed by atoms with Gasteiger partial charge in [0.05, 0.1) is 0 Å². The molecule has 0 saturated carbocycles. The molecule has 1 aliphatic heterocycles. The van der Waals surface area contributed by atoms with E-state index in [1.807, 2.05) is 0 Å². The van der Waals surface area contributed by atoms with Gasteiger partial charge in [0.15, 0.2) is 0 Å². The van der Waals surface area contributed by atoms with Crippen molar-refractivity contribution in [2.45, 2.75) is 19.6 Å². The largest absolute Gasteiger partial charge is 0.308 e. The van der Waals surface area contributed by atoms with Crippen LogP contribution < -0.4 is 0 Å². The van der Waals surface area contributed by atoms with Crippen LogP contribution in [0.25, 0.3) is 0 Å². The first-order valence-corrected chi connectivity index (χ1v) is 18.7. The molecule has 0 N–H and O–H groups in total. The molecule has 0 aliphatic carbocycles. The lowest BCUT2D eigenvalue weighted by molar-refractivity contribution is 0.530. The quantitative estimate of drug-likeness (QED) is 0.410. The number of rotatable bonds is 0. The maximum Gasteiger partial charge on any atom is 0.267 e. The Bertz CT molecular complexity index is 213. The topological polar surface area (TPSA) is 9.72 Å². The van der Waals surface area contributed by atoms with Gasteiger partial charge in [-0.1, -0.05) is 45.9 Å². The van der Waals surface area contributed by atoms with Gasteiger partial charge in [-0.25, -0.2) is 0 Å². The third-order valence-electron chi connectivity index (χ3n) is 3.67. The predicted molar refractivity (Wildman–Crippen MR) is 84.9 cm³/mol. The lowest BCUT2D eigenvalue weighted by Gasteiger charge is -2.61. The second-order valence-electron chi connectivity index (χ2n) is 4.39. The first-order valence-electron chi connectivity index (χ1n) is 4.75. The van der Waals surface area contributed by atoms with Crippen molar-refractivity contribution in [3.05, 3.63) is 0 Å². The molecule has 90 valence electrons. The molecule has 0 amide bonds. The maximum absolute atomic E-state index is 3.98. The van der Waals surface area contributed by atoms with E-state index in [4.69, 9.17) is 0 Å². The van der Waals surface area contributed by atoms with Crippen LogP contribution in [-0.2, 0) is 0 Å². The van der Waals surface area contributed by atoms with Crippen molar-refractivity contribution in [3.8, 4) is 0 Å². The Hall–Kier alpha value is 1.97. The van der Waals surface area contributed by atoms with Gasteiger partial charge in [0.1, 0.15) is 0 Å². The number of halogens is 3. The molecule has 0 atom stereocenters. The van der Waals surface area contributed by atoms with E-state index >= 15 is 0 Å². The summed E-state index contributed by atoms with van der Waals surface area (Å²) in [6.45, 7) is 7.04. The van der Waals surface area contributed by atoms with Gasteiger partial charge in [-0.3, -0.25) is 0 Å². The number of nitrogens with zero attached hydrogens (tertiary/aromatic N) is 3. The van der Waals surface area contributed by atoms with E-state index in [0.717, 1.165) is 0 Å². The van der Waals surface area contributed by atoms with E-state index in [1.165, 1.54) is 0 Å². The van der Waals surface area contributed by atoms with Gasteiger partial charge in [0.25, 0.3) is 21.0 Å². The van der Waals surface area contributed by atoms with E-state index in [0.29, 0.717) is 0 Å². The molecule has 1 heterocycles. The molecule has 0 radical (unpaired) electrons. The van der Waals surface area contributed by atoms with E-state index in [-0.39, 0.29) is 0 Å². The zero-order valence-electron chi connectivity index (χ0n) is 9.98. The molecule has 1 fully saturated rings. The van der Waals surface area contributed by atoms with Crippen molar-refractivity contribution in [1.82, 2.24) is 12.7 Å². The van der Waals surface area contributed by atoms with Crippen LogP contribution in [0.15, 0.2) is 0 Å². The standard InChI is InChI=1S/C6H18Br3N3Si3/c1-10-13(4,7)11(2)15(6,9)12(3)14(10,5)8/h1-6H3. The molecule has 1 rings (SSSR count). The van der Waals surface area contributed by atoms with Crippen LogP contribution in [0, 0.1) is 0 Å². The lowest BCUT2D eigenvalue weighted by atomic mass is 11.6. The summed E-state index contributed by atoms with van der Waals surface area (Å²) in [5.41, 5.74) is 0. The van der Waals surface area contributed by atoms with Crippen LogP contribution in [0.2, 0.25) is 19.6 Å². The van der Waals surface area contributed by atoms with E-state index in [2.05, 4.69) is 99.4 Å². The smallest absolute Gasteiger partial charge is 0.267 e. The van der Waals surface area contributed by atoms with Crippen LogP contribution in [0.3, 0.4) is 0 Å². The van der Waals surface area contributed by atoms with Gasteiger partial charge in [0.2, 0.25) is 0 Å². The number of hydrogen-bond acceptors (Lipinski definition) is 3. The Morgan fingerprint density at radius 2 is 0.733 bits per heavy atom. The molecule has 15 heavy (non-hydrogen) atoms. The fraction of sp³-hybridized carbons (Fsp3) is 1.00. The third-order valence-corrected chi connectivity index (χ3v) is 34.3. The van der Waals surface area contributed by atoms with Crippen molar-refractivity contribution in [2.75, 3.05) is 21.1 Å². The minimum atomic E-state index is -1.64. The molecule has 9 heteroatoms. The van der Waals surface area contributed by atoms with Crippen LogP contribution in [0.4, 0.5) is 0 Å². The third kappa shape index (κ3) is 2.16. The van der Waals surface area contributed by atoms with Gasteiger partial charge >= 0.3 is 0 Å². The summed E-state index contributed by atoms with van der Waals surface area (Å²) in [5.74, 6) is 0. The zero-order valence-corrected chi connectivity index (χ0v) is 17.7. The van der Waals surface area contributed by atoms with Crippen molar-refractivity contribution >= 4 is 66.9 Å². The summed E-state index contributed by atoms with van der Waals surface area (Å²) in [5, 5.41) is 0. The highest BCUT2D eigenvalue weighted by Crippen LogP contribution is 2.42. The Morgan fingerprint density at radius 3 is 0.867 bits per heavy atom. The summed E-state index contributed by atoms with van der Waals surface area (Å²) in [4.78, 5) is 0. The molecule has 0 spiro atoms. The molecular formula is C6H18Br3N3Si3. The van der Waals surface area contributed by atoms with E-state index in [9.17, 15) is 0 Å². The van der Waals surface area contributed by atoms with Crippen LogP contribution in [-0.4, -0.2) is 54.9 Å². The van der Waals surface area contributed by atoms with Crippen LogP contribution >= 0.6 is 45.9 Å². The minimum Gasteiger partial charge on any atom is -0.308 e. The minimum absolute atomic E-state index is 1.64. The summed E-state index contributed by atoms with van der Waals surface area (Å²) in [6.07, 6.45) is 0. The van der Waals surface area contributed by atoms with E-state index in [1.54, 1.807) is 0 Å². The van der Waals surface area contributed by atoms with Crippen molar-refractivity contribution < 1.29 is 0 Å². The highest BCUT2D eigenvalue weighted by Gasteiger charge is 2.61. The predicted octanol–water partition coefficient (Wildman–Crippen LogP) is 2.69. The lowest BCUT2D eigenvalue weighted by Crippen LogP contribution is -2.84. The normalized spacial score (nSPS) is 51.0. The number of hydrogen-bond donors (Lipinski definition) is 0. The Labute approximate surface area is 119 Å². The molecule has 0 aromatic carbocycles. The summed E-state index contributed by atoms with van der Waals surface area (Å²) < 4.78 is 7.61. The average molecular weight is 456 g/mol. The molecule has 1 saturated heterocycles. The van der Waals surface area contributed by atoms with Gasteiger partial charge in [-0.2, -0.15) is 0 Å².